The number of nitrogens with two attached hydrogens (primary N) is 2. The second-order valence-corrected chi connectivity index (χ2v) is 12.7. The summed E-state index contributed by atoms with van der Waals surface area (Å²) in [4.78, 5) is 63.0. The van der Waals surface area contributed by atoms with Crippen molar-refractivity contribution in [2.75, 3.05) is 24.7 Å². The summed E-state index contributed by atoms with van der Waals surface area (Å²) in [6.07, 6.45) is -9.41. The lowest BCUT2D eigenvalue weighted by Gasteiger charge is -2.24. The van der Waals surface area contributed by atoms with Gasteiger partial charge in [0.05, 0.1) is 25.9 Å². The number of rotatable bonds is 10. The second-order valence-electron chi connectivity index (χ2n) is 10.1. The highest BCUT2D eigenvalue weighted by Crippen LogP contribution is 2.50. The van der Waals surface area contributed by atoms with Crippen molar-refractivity contribution in [3.05, 3.63) is 29.3 Å². The normalized spacial score (nSPS) is 30.0. The van der Waals surface area contributed by atoms with Crippen LogP contribution in [0, 0.1) is 0 Å². The number of aliphatic hydroxyl groups is 3. The summed E-state index contributed by atoms with van der Waals surface area (Å²) in [6, 6.07) is 0. The molecule has 24 nitrogen and oxygen atoms in total. The first kappa shape index (κ1) is 32.5. The first-order valence-electron chi connectivity index (χ1n) is 13.0. The summed E-state index contributed by atoms with van der Waals surface area (Å²) in [5, 5.41) is 32.3. The average Bonchev–Trinajstić information content (AvgIpc) is 3.73. The molecule has 0 amide bonds. The largest absolute Gasteiger partial charge is 0.472 e. The second kappa shape index (κ2) is 12.0. The van der Waals surface area contributed by atoms with Crippen molar-refractivity contribution in [1.29, 1.82) is 0 Å². The van der Waals surface area contributed by atoms with Crippen LogP contribution in [0.4, 0.5) is 11.8 Å². The monoisotopic (exact) mass is 692 g/mol. The molecule has 2 saturated heterocycles. The topological polar surface area (TPSA) is 361 Å². The van der Waals surface area contributed by atoms with Crippen LogP contribution in [0.1, 0.15) is 12.5 Å². The summed E-state index contributed by atoms with van der Waals surface area (Å²) in [6.45, 7) is -1.77. The quantitative estimate of drug-likeness (QED) is 0.0731. The number of anilines is 2. The minimum absolute atomic E-state index is 0.00219. The van der Waals surface area contributed by atoms with Crippen LogP contribution >= 0.6 is 15.6 Å². The van der Waals surface area contributed by atoms with Crippen LogP contribution in [0.5, 0.6) is 0 Å². The fourth-order valence-electron chi connectivity index (χ4n) is 5.02. The van der Waals surface area contributed by atoms with Gasteiger partial charge in [0.1, 0.15) is 48.5 Å². The number of imidazole rings is 2. The Hall–Kier alpha value is -3.48. The zero-order valence-electron chi connectivity index (χ0n) is 22.9. The van der Waals surface area contributed by atoms with E-state index in [1.54, 1.807) is 0 Å². The molecule has 0 radical (unpaired) electrons. The SMILES string of the molecule is Nc1nc2c(ncn2[C@@H]2O[C@H](COP(=O)(O)OC3C(O)[C@H](n4cnc5c(N)ncnc54)O[C@@H]3COP(=O)(O)O)C(O)C2O)c(=O)[nH]1. The summed E-state index contributed by atoms with van der Waals surface area (Å²) >= 11 is 0. The minimum Gasteiger partial charge on any atom is -0.387 e. The molecule has 0 saturated carbocycles. The standard InChI is InChI=1S/C20H26N10O14P2/c21-14-8-15(24-3-23-14)29(4-25-8)19-12(33)13(7(43-19)2-40-45(35,36)37)44-46(38,39)41-1-6-10(31)11(32)18(42-6)30-5-26-9-16(30)27-20(22)28-17(9)34/h3-7,10-13,18-19,31-33H,1-2H2,(H,38,39)(H2,21,23,24)(H2,35,36,37)(H3,22,27,28,34)/t6-,7-,10?,11?,12?,13?,18-,19-/m1/s1. The Balaban J connectivity index is 1.18. The molecule has 9 atom stereocenters. The fraction of sp³-hybridized carbons (Fsp3) is 0.500. The Morgan fingerprint density at radius 3 is 2.20 bits per heavy atom. The van der Waals surface area contributed by atoms with Crippen molar-refractivity contribution in [2.45, 2.75) is 49.1 Å². The molecule has 2 aliphatic heterocycles. The number of nitrogens with one attached hydrogen (secondary N) is 1. The third-order valence-electron chi connectivity index (χ3n) is 7.10. The molecule has 0 bridgehead atoms. The lowest BCUT2D eigenvalue weighted by atomic mass is 10.1. The maximum Gasteiger partial charge on any atom is 0.472 e. The molecule has 6 heterocycles. The Morgan fingerprint density at radius 2 is 1.48 bits per heavy atom. The van der Waals surface area contributed by atoms with E-state index in [1.807, 2.05) is 0 Å². The van der Waals surface area contributed by atoms with Crippen molar-refractivity contribution >= 4 is 49.7 Å². The Morgan fingerprint density at radius 1 is 0.848 bits per heavy atom. The van der Waals surface area contributed by atoms with Gasteiger partial charge in [-0.1, -0.05) is 0 Å². The van der Waals surface area contributed by atoms with Crippen LogP contribution in [0.25, 0.3) is 22.3 Å². The number of aromatic nitrogens is 8. The number of H-pyrrole nitrogens is 1. The number of phosphoric ester groups is 2. The van der Waals surface area contributed by atoms with Crippen LogP contribution in [-0.2, 0) is 32.2 Å². The fourth-order valence-corrected chi connectivity index (χ4v) is 6.32. The van der Waals surface area contributed by atoms with Crippen molar-refractivity contribution in [1.82, 2.24) is 39.0 Å². The zero-order chi connectivity index (χ0) is 33.1. The van der Waals surface area contributed by atoms with Crippen molar-refractivity contribution in [3.8, 4) is 0 Å². The predicted octanol–water partition coefficient (Wildman–Crippen LogP) is -3.39. The van der Waals surface area contributed by atoms with E-state index in [0.29, 0.717) is 0 Å². The van der Waals surface area contributed by atoms with Crippen molar-refractivity contribution in [2.24, 2.45) is 0 Å². The van der Waals surface area contributed by atoms with Gasteiger partial charge in [-0.2, -0.15) is 4.98 Å². The van der Waals surface area contributed by atoms with E-state index in [9.17, 15) is 43.9 Å². The maximum absolute atomic E-state index is 13.0. The molecule has 26 heteroatoms. The molecule has 6 rings (SSSR count). The van der Waals surface area contributed by atoms with Crippen LogP contribution < -0.4 is 17.0 Å². The Bertz CT molecular complexity index is 1910. The first-order chi connectivity index (χ1) is 21.6. The van der Waals surface area contributed by atoms with Gasteiger partial charge in [0.15, 0.2) is 35.1 Å². The number of nitrogen functional groups attached to an aromatic ring is 2. The number of hydrogen-bond donors (Lipinski definition) is 9. The molecule has 0 spiro atoms. The highest BCUT2D eigenvalue weighted by molar-refractivity contribution is 7.47. The summed E-state index contributed by atoms with van der Waals surface area (Å²) < 4.78 is 52.7. The molecule has 5 unspecified atom stereocenters. The predicted molar refractivity (Wildman–Crippen MR) is 147 cm³/mol. The number of aromatic amines is 1. The third kappa shape index (κ3) is 6.14. The van der Waals surface area contributed by atoms with E-state index in [0.717, 1.165) is 17.2 Å². The van der Waals surface area contributed by atoms with Gasteiger partial charge in [-0.3, -0.25) is 32.5 Å². The lowest BCUT2D eigenvalue weighted by Crippen LogP contribution is -2.37. The van der Waals surface area contributed by atoms with Crippen LogP contribution in [0.3, 0.4) is 0 Å². The molecule has 4 aromatic rings. The van der Waals surface area contributed by atoms with Gasteiger partial charge < -0.3 is 50.9 Å². The highest BCUT2D eigenvalue weighted by atomic mass is 31.2. The lowest BCUT2D eigenvalue weighted by molar-refractivity contribution is -0.0582. The molecular formula is C20H26N10O14P2. The summed E-state index contributed by atoms with van der Waals surface area (Å²) in [7, 11) is -10.3. The maximum atomic E-state index is 13.0. The van der Waals surface area contributed by atoms with E-state index >= 15 is 0 Å². The molecule has 11 N–H and O–H groups in total. The van der Waals surface area contributed by atoms with Crippen molar-refractivity contribution < 1.29 is 62.2 Å². The molecule has 46 heavy (non-hydrogen) atoms. The molecule has 4 aromatic heterocycles. The van der Waals surface area contributed by atoms with E-state index in [1.165, 1.54) is 10.9 Å². The summed E-state index contributed by atoms with van der Waals surface area (Å²) in [5.74, 6) is -0.258. The summed E-state index contributed by atoms with van der Waals surface area (Å²) in [5.41, 5.74) is 10.7. The number of phosphoric acid groups is 2. The minimum atomic E-state index is -5.20. The van der Waals surface area contributed by atoms with E-state index in [2.05, 4.69) is 34.4 Å². The molecule has 250 valence electrons. The van der Waals surface area contributed by atoms with Crippen LogP contribution in [0.15, 0.2) is 23.8 Å². The van der Waals surface area contributed by atoms with Gasteiger partial charge >= 0.3 is 15.6 Å². The van der Waals surface area contributed by atoms with E-state index in [4.69, 9.17) is 30.0 Å². The number of nitrogens with zero attached hydrogens (tertiary/aromatic N) is 7. The molecule has 2 fully saturated rings. The molecule has 0 aliphatic carbocycles. The van der Waals surface area contributed by atoms with Gasteiger partial charge in [0.2, 0.25) is 5.95 Å². The van der Waals surface area contributed by atoms with E-state index in [-0.39, 0.29) is 34.1 Å². The first-order valence-corrected chi connectivity index (χ1v) is 16.0. The number of fused-ring (bicyclic) bond motifs is 2. The van der Waals surface area contributed by atoms with Crippen LogP contribution in [-0.4, -0.2) is 119 Å². The molecular weight excluding hydrogens is 666 g/mol. The Labute approximate surface area is 254 Å². The zero-order valence-corrected chi connectivity index (χ0v) is 24.7. The van der Waals surface area contributed by atoms with Crippen molar-refractivity contribution in [3.63, 3.8) is 0 Å². The number of aliphatic hydroxyl groups excluding tert-OH is 3. The van der Waals surface area contributed by atoms with Gasteiger partial charge in [-0.25, -0.2) is 29.1 Å². The average molecular weight is 692 g/mol. The smallest absolute Gasteiger partial charge is 0.387 e. The Kier molecular flexibility index (Phi) is 8.43. The third-order valence-corrected chi connectivity index (χ3v) is 8.57. The van der Waals surface area contributed by atoms with Crippen LogP contribution in [0.2, 0.25) is 0 Å². The molecule has 0 aromatic carbocycles. The van der Waals surface area contributed by atoms with Gasteiger partial charge in [-0.15, -0.1) is 0 Å². The van der Waals surface area contributed by atoms with Gasteiger partial charge in [0, 0.05) is 0 Å². The highest BCUT2D eigenvalue weighted by Gasteiger charge is 2.51. The van der Waals surface area contributed by atoms with E-state index < -0.39 is 83.5 Å². The van der Waals surface area contributed by atoms with Gasteiger partial charge in [0.25, 0.3) is 5.56 Å². The number of ether oxygens (including phenoxy) is 2. The number of hydrogen-bond acceptors (Lipinski definition) is 18. The molecule has 2 aliphatic rings. The van der Waals surface area contributed by atoms with Gasteiger partial charge in [-0.05, 0) is 0 Å².